The Bertz CT molecular complexity index is 198. The lowest BCUT2D eigenvalue weighted by Crippen LogP contribution is -2.06. The maximum Gasteiger partial charge on any atom is -0.0160 e. The Kier molecular flexibility index (Phi) is 1.23. The van der Waals surface area contributed by atoms with E-state index in [2.05, 4.69) is 19.6 Å². The molecular weight excluding hydrogens is 120 g/mol. The molecule has 1 saturated carbocycles. The third kappa shape index (κ3) is 0.622. The molecule has 0 amide bonds. The van der Waals surface area contributed by atoms with Gasteiger partial charge in [-0.15, -0.1) is 0 Å². The van der Waals surface area contributed by atoms with Gasteiger partial charge in [0.2, 0.25) is 0 Å². The standard InChI is InChI=1S/C10H14/c1-3-10-7(2)8-4-5-9(10)6-8/h3,7-8H,1,4-6H2,2H3. The summed E-state index contributed by atoms with van der Waals surface area (Å²) in [5.41, 5.74) is 3.27. The van der Waals surface area contributed by atoms with Crippen molar-refractivity contribution in [2.45, 2.75) is 26.2 Å². The Hall–Kier alpha value is -0.520. The molecule has 0 aromatic rings. The first-order chi connectivity index (χ1) is 4.83. The fraction of sp³-hybridized carbons (Fsp3) is 0.600. The topological polar surface area (TPSA) is 0 Å². The van der Waals surface area contributed by atoms with Crippen LogP contribution in [0, 0.1) is 11.8 Å². The van der Waals surface area contributed by atoms with E-state index in [0.717, 1.165) is 11.8 Å². The monoisotopic (exact) mass is 134 g/mol. The average molecular weight is 134 g/mol. The summed E-state index contributed by atoms with van der Waals surface area (Å²) in [7, 11) is 0. The van der Waals surface area contributed by atoms with Crippen molar-refractivity contribution in [1.82, 2.24) is 0 Å². The Morgan fingerprint density at radius 1 is 1.60 bits per heavy atom. The van der Waals surface area contributed by atoms with Crippen LogP contribution in [0.4, 0.5) is 0 Å². The maximum absolute atomic E-state index is 3.85. The van der Waals surface area contributed by atoms with Gasteiger partial charge in [0.15, 0.2) is 0 Å². The smallest absolute Gasteiger partial charge is 0.0160 e. The van der Waals surface area contributed by atoms with Crippen LogP contribution in [0.3, 0.4) is 0 Å². The van der Waals surface area contributed by atoms with E-state index in [1.54, 1.807) is 11.1 Å². The minimum Gasteiger partial charge on any atom is -0.0988 e. The molecule has 0 aliphatic heterocycles. The molecule has 0 N–H and O–H groups in total. The summed E-state index contributed by atoms with van der Waals surface area (Å²) < 4.78 is 0. The fourth-order valence-electron chi connectivity index (χ4n) is 2.48. The SMILES string of the molecule is C=CC1=C2CCC(C2)C1C. The molecule has 0 nitrogen and oxygen atoms in total. The molecular formula is C10H14. The molecule has 0 aromatic heterocycles. The third-order valence-corrected chi connectivity index (χ3v) is 3.15. The minimum atomic E-state index is 0.821. The normalized spacial score (nSPS) is 37.3. The number of hydrogen-bond donors (Lipinski definition) is 0. The second-order valence-corrected chi connectivity index (χ2v) is 3.55. The van der Waals surface area contributed by atoms with Crippen molar-refractivity contribution in [3.8, 4) is 0 Å². The molecule has 2 rings (SSSR count). The lowest BCUT2D eigenvalue weighted by atomic mass is 9.88. The molecule has 2 bridgehead atoms. The second-order valence-electron chi connectivity index (χ2n) is 3.55. The molecule has 0 saturated heterocycles. The number of rotatable bonds is 1. The summed E-state index contributed by atoms with van der Waals surface area (Å²) in [4.78, 5) is 0. The number of hydrogen-bond acceptors (Lipinski definition) is 0. The van der Waals surface area contributed by atoms with Gasteiger partial charge in [0, 0.05) is 0 Å². The van der Waals surface area contributed by atoms with Gasteiger partial charge in [0.1, 0.15) is 0 Å². The maximum atomic E-state index is 3.85. The van der Waals surface area contributed by atoms with Gasteiger partial charge in [0.25, 0.3) is 0 Å². The largest absolute Gasteiger partial charge is 0.0988 e. The lowest BCUT2D eigenvalue weighted by molar-refractivity contribution is 0.440. The first kappa shape index (κ1) is 6.21. The molecule has 0 spiro atoms. The zero-order chi connectivity index (χ0) is 7.14. The highest BCUT2D eigenvalue weighted by Crippen LogP contribution is 2.48. The van der Waals surface area contributed by atoms with Crippen molar-refractivity contribution in [3.05, 3.63) is 23.8 Å². The van der Waals surface area contributed by atoms with E-state index in [9.17, 15) is 0 Å². The molecule has 0 heterocycles. The summed E-state index contributed by atoms with van der Waals surface area (Å²) in [6, 6.07) is 0. The van der Waals surface area contributed by atoms with Crippen LogP contribution in [0.25, 0.3) is 0 Å². The first-order valence-electron chi connectivity index (χ1n) is 4.17. The molecule has 2 unspecified atom stereocenters. The summed E-state index contributed by atoms with van der Waals surface area (Å²) in [5, 5.41) is 0. The van der Waals surface area contributed by atoms with Crippen molar-refractivity contribution in [2.75, 3.05) is 0 Å². The van der Waals surface area contributed by atoms with Crippen LogP contribution in [0.2, 0.25) is 0 Å². The van der Waals surface area contributed by atoms with Crippen LogP contribution in [-0.4, -0.2) is 0 Å². The van der Waals surface area contributed by atoms with E-state index >= 15 is 0 Å². The van der Waals surface area contributed by atoms with E-state index in [4.69, 9.17) is 0 Å². The molecule has 1 fully saturated rings. The van der Waals surface area contributed by atoms with Gasteiger partial charge in [0.05, 0.1) is 0 Å². The summed E-state index contributed by atoms with van der Waals surface area (Å²) in [6.45, 7) is 6.20. The molecule has 0 radical (unpaired) electrons. The molecule has 2 aliphatic rings. The molecule has 10 heavy (non-hydrogen) atoms. The van der Waals surface area contributed by atoms with Crippen molar-refractivity contribution in [1.29, 1.82) is 0 Å². The Labute approximate surface area is 62.6 Å². The van der Waals surface area contributed by atoms with Crippen LogP contribution in [0.15, 0.2) is 23.8 Å². The second kappa shape index (κ2) is 1.98. The highest BCUT2D eigenvalue weighted by atomic mass is 14.4. The van der Waals surface area contributed by atoms with E-state index < -0.39 is 0 Å². The lowest BCUT2D eigenvalue weighted by Gasteiger charge is -2.17. The minimum absolute atomic E-state index is 0.821. The van der Waals surface area contributed by atoms with Gasteiger partial charge < -0.3 is 0 Å². The van der Waals surface area contributed by atoms with E-state index in [1.165, 1.54) is 19.3 Å². The Morgan fingerprint density at radius 3 is 2.80 bits per heavy atom. The average Bonchev–Trinajstić information content (AvgIpc) is 2.46. The molecule has 0 heteroatoms. The predicted molar refractivity (Wildman–Crippen MR) is 43.7 cm³/mol. The van der Waals surface area contributed by atoms with Crippen LogP contribution >= 0.6 is 0 Å². The van der Waals surface area contributed by atoms with Crippen molar-refractivity contribution in [3.63, 3.8) is 0 Å². The fourth-order valence-corrected chi connectivity index (χ4v) is 2.48. The number of allylic oxidation sites excluding steroid dienone is 3. The quantitative estimate of drug-likeness (QED) is 0.517. The van der Waals surface area contributed by atoms with Crippen LogP contribution < -0.4 is 0 Å². The predicted octanol–water partition coefficient (Wildman–Crippen LogP) is 2.92. The Morgan fingerprint density at radius 2 is 2.40 bits per heavy atom. The van der Waals surface area contributed by atoms with E-state index in [1.807, 2.05) is 0 Å². The molecule has 2 atom stereocenters. The van der Waals surface area contributed by atoms with Crippen LogP contribution in [-0.2, 0) is 0 Å². The van der Waals surface area contributed by atoms with E-state index in [-0.39, 0.29) is 0 Å². The summed E-state index contributed by atoms with van der Waals surface area (Å²) >= 11 is 0. The Balaban J connectivity index is 2.37. The van der Waals surface area contributed by atoms with Gasteiger partial charge in [-0.05, 0) is 36.7 Å². The van der Waals surface area contributed by atoms with Gasteiger partial charge >= 0.3 is 0 Å². The zero-order valence-corrected chi connectivity index (χ0v) is 6.56. The first-order valence-corrected chi connectivity index (χ1v) is 4.17. The van der Waals surface area contributed by atoms with Gasteiger partial charge in [-0.25, -0.2) is 0 Å². The summed E-state index contributed by atoms with van der Waals surface area (Å²) in [5.74, 6) is 1.80. The zero-order valence-electron chi connectivity index (χ0n) is 6.56. The van der Waals surface area contributed by atoms with Crippen molar-refractivity contribution >= 4 is 0 Å². The van der Waals surface area contributed by atoms with Gasteiger partial charge in [-0.2, -0.15) is 0 Å². The van der Waals surface area contributed by atoms with Crippen LogP contribution in [0.5, 0.6) is 0 Å². The van der Waals surface area contributed by atoms with Crippen molar-refractivity contribution in [2.24, 2.45) is 11.8 Å². The number of fused-ring (bicyclic) bond motifs is 2. The van der Waals surface area contributed by atoms with Gasteiger partial charge in [-0.3, -0.25) is 0 Å². The molecule has 0 aromatic carbocycles. The summed E-state index contributed by atoms with van der Waals surface area (Å²) in [6.07, 6.45) is 6.24. The van der Waals surface area contributed by atoms with E-state index in [0.29, 0.717) is 0 Å². The third-order valence-electron chi connectivity index (χ3n) is 3.15. The molecule has 2 aliphatic carbocycles. The highest BCUT2D eigenvalue weighted by molar-refractivity contribution is 5.35. The highest BCUT2D eigenvalue weighted by Gasteiger charge is 2.34. The van der Waals surface area contributed by atoms with Crippen LogP contribution in [0.1, 0.15) is 26.2 Å². The molecule has 54 valence electrons. The van der Waals surface area contributed by atoms with Crippen molar-refractivity contribution < 1.29 is 0 Å². The van der Waals surface area contributed by atoms with Gasteiger partial charge in [-0.1, -0.05) is 25.2 Å².